The van der Waals surface area contributed by atoms with Gasteiger partial charge in [0, 0.05) is 0 Å². The number of pyridine rings is 1. The third-order valence-electron chi connectivity index (χ3n) is 1.95. The Bertz CT molecular complexity index is 429. The Labute approximate surface area is 116 Å². The predicted molar refractivity (Wildman–Crippen MR) is 67.4 cm³/mol. The van der Waals surface area contributed by atoms with Gasteiger partial charge >= 0.3 is 5.97 Å². The van der Waals surface area contributed by atoms with E-state index in [9.17, 15) is 13.6 Å². The summed E-state index contributed by atoms with van der Waals surface area (Å²) >= 11 is 7.38. The van der Waals surface area contributed by atoms with Crippen LogP contribution in [0.5, 0.6) is 0 Å². The van der Waals surface area contributed by atoms with Crippen LogP contribution < -0.4 is 0 Å². The number of carbonyl (C=O) groups is 1. The van der Waals surface area contributed by atoms with E-state index in [-0.39, 0.29) is 23.7 Å². The lowest BCUT2D eigenvalue weighted by molar-refractivity contribution is 0.0514. The fraction of sp³-hybridized carbons (Fsp3) is 0.400. The molecule has 0 fully saturated rings. The first-order valence-electron chi connectivity index (χ1n) is 4.71. The van der Waals surface area contributed by atoms with Crippen molar-refractivity contribution in [2.75, 3.05) is 6.61 Å². The molecule has 0 bridgehead atoms. The van der Waals surface area contributed by atoms with Crippen LogP contribution in [0.2, 0.25) is 0 Å². The fourth-order valence-corrected chi connectivity index (χ4v) is 2.10. The molecule has 0 aliphatic carbocycles. The molecule has 0 aliphatic heterocycles. The average Bonchev–Trinajstić information content (AvgIpc) is 2.27. The van der Waals surface area contributed by atoms with Crippen molar-refractivity contribution < 1.29 is 18.3 Å². The molecule has 0 N–H and O–H groups in total. The number of alkyl halides is 3. The number of aromatic nitrogens is 1. The highest BCUT2D eigenvalue weighted by atomic mass is 127. The molecule has 0 unspecified atom stereocenters. The van der Waals surface area contributed by atoms with Crippen LogP contribution in [0.1, 0.15) is 35.0 Å². The highest BCUT2D eigenvalue weighted by molar-refractivity contribution is 14.1. The Morgan fingerprint density at radius 1 is 1.65 bits per heavy atom. The quantitative estimate of drug-likeness (QED) is 0.350. The molecular formula is C10H9ClF2INO2. The third kappa shape index (κ3) is 3.48. The summed E-state index contributed by atoms with van der Waals surface area (Å²) in [6.07, 6.45) is -2.81. The minimum Gasteiger partial charge on any atom is -0.462 e. The van der Waals surface area contributed by atoms with Crippen LogP contribution >= 0.6 is 34.2 Å². The Morgan fingerprint density at radius 3 is 2.76 bits per heavy atom. The van der Waals surface area contributed by atoms with E-state index in [2.05, 4.69) is 4.98 Å². The minimum atomic E-state index is -2.81. The highest BCUT2D eigenvalue weighted by Gasteiger charge is 2.24. The molecule has 0 saturated carbocycles. The van der Waals surface area contributed by atoms with Crippen molar-refractivity contribution in [2.24, 2.45) is 0 Å². The Balaban J connectivity index is 3.35. The second kappa shape index (κ2) is 6.44. The van der Waals surface area contributed by atoms with Crippen LogP contribution in [-0.4, -0.2) is 17.6 Å². The maximum absolute atomic E-state index is 12.9. The number of nitrogens with zero attached hydrogens (tertiary/aromatic N) is 1. The SMILES string of the molecule is CCOC(=O)c1cc(I)nc(CCl)c1C(F)F. The number of esters is 1. The van der Waals surface area contributed by atoms with Crippen molar-refractivity contribution in [3.8, 4) is 0 Å². The van der Waals surface area contributed by atoms with Gasteiger partial charge in [-0.1, -0.05) is 0 Å². The molecule has 7 heteroatoms. The van der Waals surface area contributed by atoms with Gasteiger partial charge in [-0.2, -0.15) is 0 Å². The number of rotatable bonds is 4. The molecule has 0 radical (unpaired) electrons. The molecule has 0 amide bonds. The smallest absolute Gasteiger partial charge is 0.338 e. The summed E-state index contributed by atoms with van der Waals surface area (Å²) in [4.78, 5) is 15.4. The predicted octanol–water partition coefficient (Wildman–Crippen LogP) is 3.54. The third-order valence-corrected chi connectivity index (χ3v) is 2.75. The first kappa shape index (κ1) is 14.6. The number of hydrogen-bond donors (Lipinski definition) is 0. The number of ether oxygens (including phenoxy) is 1. The molecule has 1 aromatic heterocycles. The average molecular weight is 376 g/mol. The van der Waals surface area contributed by atoms with Crippen LogP contribution in [0.3, 0.4) is 0 Å². The molecule has 94 valence electrons. The lowest BCUT2D eigenvalue weighted by Gasteiger charge is -2.11. The normalized spacial score (nSPS) is 10.7. The molecule has 1 rings (SSSR count). The van der Waals surface area contributed by atoms with E-state index in [1.165, 1.54) is 6.07 Å². The van der Waals surface area contributed by atoms with Crippen molar-refractivity contribution in [3.05, 3.63) is 26.6 Å². The van der Waals surface area contributed by atoms with E-state index in [0.29, 0.717) is 3.70 Å². The van der Waals surface area contributed by atoms with Crippen LogP contribution in [-0.2, 0) is 10.6 Å². The maximum atomic E-state index is 12.9. The van der Waals surface area contributed by atoms with E-state index in [0.717, 1.165) is 0 Å². The zero-order valence-corrected chi connectivity index (χ0v) is 11.8. The van der Waals surface area contributed by atoms with Gasteiger partial charge in [0.25, 0.3) is 6.43 Å². The van der Waals surface area contributed by atoms with E-state index < -0.39 is 18.0 Å². The molecule has 3 nitrogen and oxygen atoms in total. The van der Waals surface area contributed by atoms with E-state index in [4.69, 9.17) is 16.3 Å². The number of carbonyl (C=O) groups excluding carboxylic acids is 1. The summed E-state index contributed by atoms with van der Waals surface area (Å²) in [5, 5.41) is 0. The van der Waals surface area contributed by atoms with Crippen LogP contribution in [0.25, 0.3) is 0 Å². The largest absolute Gasteiger partial charge is 0.462 e. The standard InChI is InChI=1S/C10H9ClF2INO2/c1-2-17-10(16)5-3-7(14)15-6(4-11)8(5)9(12)13/h3,9H,2,4H2,1H3. The fourth-order valence-electron chi connectivity index (χ4n) is 1.30. The lowest BCUT2D eigenvalue weighted by atomic mass is 10.1. The molecule has 0 aromatic carbocycles. The van der Waals surface area contributed by atoms with Gasteiger partial charge in [0.1, 0.15) is 3.70 Å². The summed E-state index contributed by atoms with van der Waals surface area (Å²) in [5.41, 5.74) is -0.604. The van der Waals surface area contributed by atoms with Gasteiger partial charge < -0.3 is 4.74 Å². The van der Waals surface area contributed by atoms with Gasteiger partial charge in [0.15, 0.2) is 0 Å². The van der Waals surface area contributed by atoms with E-state index >= 15 is 0 Å². The summed E-state index contributed by atoms with van der Waals surface area (Å²) in [6, 6.07) is 1.27. The lowest BCUT2D eigenvalue weighted by Crippen LogP contribution is -2.12. The molecule has 17 heavy (non-hydrogen) atoms. The minimum absolute atomic E-state index is 0.0108. The Kier molecular flexibility index (Phi) is 5.51. The zero-order chi connectivity index (χ0) is 13.0. The van der Waals surface area contributed by atoms with Crippen molar-refractivity contribution in [1.29, 1.82) is 0 Å². The van der Waals surface area contributed by atoms with E-state index in [1.54, 1.807) is 6.92 Å². The summed E-state index contributed by atoms with van der Waals surface area (Å²) in [5.74, 6) is -0.961. The highest BCUT2D eigenvalue weighted by Crippen LogP contribution is 2.28. The van der Waals surface area contributed by atoms with Crippen LogP contribution in [0.4, 0.5) is 8.78 Å². The van der Waals surface area contributed by atoms with Crippen LogP contribution in [0.15, 0.2) is 6.07 Å². The summed E-state index contributed by atoms with van der Waals surface area (Å²) in [6.45, 7) is 1.73. The van der Waals surface area contributed by atoms with Gasteiger partial charge in [-0.05, 0) is 35.6 Å². The Morgan fingerprint density at radius 2 is 2.29 bits per heavy atom. The summed E-state index contributed by atoms with van der Waals surface area (Å²) in [7, 11) is 0. The van der Waals surface area contributed by atoms with Crippen LogP contribution in [0, 0.1) is 3.70 Å². The first-order chi connectivity index (χ1) is 8.01. The van der Waals surface area contributed by atoms with Gasteiger partial charge in [-0.15, -0.1) is 11.6 Å². The zero-order valence-electron chi connectivity index (χ0n) is 8.84. The molecule has 0 atom stereocenters. The molecular weight excluding hydrogens is 366 g/mol. The molecule has 1 heterocycles. The maximum Gasteiger partial charge on any atom is 0.338 e. The summed E-state index contributed by atoms with van der Waals surface area (Å²) < 4.78 is 30.9. The topological polar surface area (TPSA) is 39.2 Å². The van der Waals surface area contributed by atoms with Gasteiger partial charge in [0.05, 0.1) is 29.3 Å². The second-order valence-corrected chi connectivity index (χ2v) is 4.38. The van der Waals surface area contributed by atoms with Crippen molar-refractivity contribution in [1.82, 2.24) is 4.98 Å². The monoisotopic (exact) mass is 375 g/mol. The number of halogens is 4. The van der Waals surface area contributed by atoms with Crippen molar-refractivity contribution in [3.63, 3.8) is 0 Å². The van der Waals surface area contributed by atoms with Crippen molar-refractivity contribution in [2.45, 2.75) is 19.2 Å². The van der Waals surface area contributed by atoms with Crippen molar-refractivity contribution >= 4 is 40.2 Å². The first-order valence-corrected chi connectivity index (χ1v) is 6.33. The van der Waals surface area contributed by atoms with Gasteiger partial charge in [0.2, 0.25) is 0 Å². The Hall–Kier alpha value is -0.500. The molecule has 0 aliphatic rings. The molecule has 1 aromatic rings. The van der Waals surface area contributed by atoms with E-state index in [1.807, 2.05) is 22.6 Å². The molecule has 0 saturated heterocycles. The van der Waals surface area contributed by atoms with Gasteiger partial charge in [-0.3, -0.25) is 0 Å². The second-order valence-electron chi connectivity index (χ2n) is 3.01. The van der Waals surface area contributed by atoms with Gasteiger partial charge in [-0.25, -0.2) is 18.6 Å². The molecule has 0 spiro atoms. The number of hydrogen-bond acceptors (Lipinski definition) is 3.